The van der Waals surface area contributed by atoms with Crippen LogP contribution in [0.1, 0.15) is 26.7 Å². The lowest BCUT2D eigenvalue weighted by atomic mass is 10.1. The SMILES string of the molecule is CC(C)(C(=O)N1CCC(=O)CC1)S(C)(=O)=O. The molecule has 1 amide bonds. The summed E-state index contributed by atoms with van der Waals surface area (Å²) in [6.45, 7) is 3.47. The first-order valence-corrected chi connectivity index (χ1v) is 7.06. The van der Waals surface area contributed by atoms with Crippen molar-refractivity contribution < 1.29 is 18.0 Å². The fraction of sp³-hybridized carbons (Fsp3) is 0.800. The minimum atomic E-state index is -3.44. The molecule has 0 aliphatic carbocycles. The predicted octanol–water partition coefficient (Wildman–Crippen LogP) is 0.00110. The number of carbonyl (C=O) groups is 2. The molecule has 92 valence electrons. The summed E-state index contributed by atoms with van der Waals surface area (Å²) >= 11 is 0. The van der Waals surface area contributed by atoms with E-state index in [0.717, 1.165) is 6.26 Å². The first-order valence-electron chi connectivity index (χ1n) is 5.17. The number of hydrogen-bond donors (Lipinski definition) is 0. The molecule has 0 unspecified atom stereocenters. The summed E-state index contributed by atoms with van der Waals surface area (Å²) in [4.78, 5) is 24.5. The Bertz CT molecular complexity index is 401. The largest absolute Gasteiger partial charge is 0.340 e. The van der Waals surface area contributed by atoms with Crippen LogP contribution in [0.25, 0.3) is 0 Å². The number of rotatable bonds is 2. The molecule has 0 aromatic carbocycles. The third kappa shape index (κ3) is 2.42. The van der Waals surface area contributed by atoms with Crippen LogP contribution in [0.4, 0.5) is 0 Å². The summed E-state index contributed by atoms with van der Waals surface area (Å²) in [5.74, 6) is -0.288. The van der Waals surface area contributed by atoms with Crippen molar-refractivity contribution in [2.24, 2.45) is 0 Å². The number of amides is 1. The molecule has 0 spiro atoms. The Hall–Kier alpha value is -0.910. The van der Waals surface area contributed by atoms with Gasteiger partial charge in [0, 0.05) is 32.2 Å². The molecule has 0 saturated carbocycles. The van der Waals surface area contributed by atoms with Crippen molar-refractivity contribution in [2.75, 3.05) is 19.3 Å². The van der Waals surface area contributed by atoms with Gasteiger partial charge in [-0.05, 0) is 13.8 Å². The smallest absolute Gasteiger partial charge is 0.243 e. The average Bonchev–Trinajstić information content (AvgIpc) is 2.16. The maximum atomic E-state index is 12.0. The van der Waals surface area contributed by atoms with Crippen molar-refractivity contribution in [2.45, 2.75) is 31.4 Å². The van der Waals surface area contributed by atoms with Crippen LogP contribution in [0.15, 0.2) is 0 Å². The van der Waals surface area contributed by atoms with Gasteiger partial charge in [-0.25, -0.2) is 8.42 Å². The van der Waals surface area contributed by atoms with Crippen LogP contribution in [-0.4, -0.2) is 49.1 Å². The number of Topliss-reactive ketones (excluding diaryl/α,β-unsaturated/α-hetero) is 1. The van der Waals surface area contributed by atoms with E-state index in [2.05, 4.69) is 0 Å². The zero-order valence-corrected chi connectivity index (χ0v) is 10.6. The normalized spacial score (nSPS) is 18.7. The van der Waals surface area contributed by atoms with Gasteiger partial charge in [-0.3, -0.25) is 9.59 Å². The van der Waals surface area contributed by atoms with Crippen LogP contribution in [-0.2, 0) is 19.4 Å². The van der Waals surface area contributed by atoms with E-state index in [1.54, 1.807) is 0 Å². The lowest BCUT2D eigenvalue weighted by molar-refractivity contribution is -0.136. The third-order valence-corrected chi connectivity index (χ3v) is 5.08. The summed E-state index contributed by atoms with van der Waals surface area (Å²) in [5, 5.41) is 0. The quantitative estimate of drug-likeness (QED) is 0.688. The summed E-state index contributed by atoms with van der Waals surface area (Å²) in [5.41, 5.74) is 0. The van der Waals surface area contributed by atoms with Gasteiger partial charge >= 0.3 is 0 Å². The first-order chi connectivity index (χ1) is 7.16. The van der Waals surface area contributed by atoms with E-state index in [9.17, 15) is 18.0 Å². The first kappa shape index (κ1) is 13.2. The molecule has 1 heterocycles. The molecule has 0 N–H and O–H groups in total. The number of nitrogens with zero attached hydrogens (tertiary/aromatic N) is 1. The second kappa shape index (κ2) is 4.16. The molecular weight excluding hydrogens is 230 g/mol. The Morgan fingerprint density at radius 2 is 1.69 bits per heavy atom. The fourth-order valence-electron chi connectivity index (χ4n) is 1.50. The molecule has 1 rings (SSSR count). The van der Waals surface area contributed by atoms with Gasteiger partial charge in [0.1, 0.15) is 10.5 Å². The Morgan fingerprint density at radius 1 is 1.25 bits per heavy atom. The van der Waals surface area contributed by atoms with Gasteiger partial charge in [0.15, 0.2) is 9.84 Å². The maximum Gasteiger partial charge on any atom is 0.243 e. The fourth-order valence-corrected chi connectivity index (χ4v) is 1.94. The van der Waals surface area contributed by atoms with Crippen LogP contribution in [0, 0.1) is 0 Å². The highest BCUT2D eigenvalue weighted by molar-refractivity contribution is 7.92. The molecule has 16 heavy (non-hydrogen) atoms. The van der Waals surface area contributed by atoms with E-state index in [0.29, 0.717) is 25.9 Å². The number of sulfone groups is 1. The second-order valence-corrected chi connectivity index (χ2v) is 7.18. The van der Waals surface area contributed by atoms with E-state index < -0.39 is 20.5 Å². The van der Waals surface area contributed by atoms with Gasteiger partial charge in [-0.1, -0.05) is 0 Å². The van der Waals surface area contributed by atoms with Gasteiger partial charge in [0.25, 0.3) is 0 Å². The van der Waals surface area contributed by atoms with E-state index in [1.165, 1.54) is 18.7 Å². The van der Waals surface area contributed by atoms with Gasteiger partial charge in [0.05, 0.1) is 0 Å². The highest BCUT2D eigenvalue weighted by Crippen LogP contribution is 2.20. The topological polar surface area (TPSA) is 71.5 Å². The molecule has 0 bridgehead atoms. The molecule has 1 aliphatic heterocycles. The Kier molecular flexibility index (Phi) is 3.42. The van der Waals surface area contributed by atoms with Gasteiger partial charge in [-0.15, -0.1) is 0 Å². The summed E-state index contributed by atoms with van der Waals surface area (Å²) in [6, 6.07) is 0. The molecule has 0 aromatic heterocycles. The zero-order chi connectivity index (χ0) is 12.6. The average molecular weight is 247 g/mol. The van der Waals surface area contributed by atoms with Crippen molar-refractivity contribution in [1.82, 2.24) is 4.90 Å². The number of ketones is 1. The van der Waals surface area contributed by atoms with Crippen molar-refractivity contribution in [3.8, 4) is 0 Å². The molecule has 0 radical (unpaired) electrons. The molecule has 0 atom stereocenters. The molecular formula is C10H17NO4S. The molecule has 1 saturated heterocycles. The molecule has 1 fully saturated rings. The third-order valence-electron chi connectivity index (χ3n) is 3.05. The summed E-state index contributed by atoms with van der Waals surface area (Å²) in [6.07, 6.45) is 1.71. The lowest BCUT2D eigenvalue weighted by Gasteiger charge is -2.32. The highest BCUT2D eigenvalue weighted by Gasteiger charge is 2.41. The van der Waals surface area contributed by atoms with Crippen molar-refractivity contribution in [3.05, 3.63) is 0 Å². The van der Waals surface area contributed by atoms with Gasteiger partial charge in [0.2, 0.25) is 5.91 Å². The van der Waals surface area contributed by atoms with Gasteiger partial charge in [-0.2, -0.15) is 0 Å². The lowest BCUT2D eigenvalue weighted by Crippen LogP contribution is -2.52. The predicted molar refractivity (Wildman–Crippen MR) is 59.7 cm³/mol. The maximum absolute atomic E-state index is 12.0. The number of likely N-dealkylation sites (tertiary alicyclic amines) is 1. The summed E-state index contributed by atoms with van der Waals surface area (Å²) in [7, 11) is -3.44. The second-order valence-electron chi connectivity index (χ2n) is 4.61. The van der Waals surface area contributed by atoms with Crippen LogP contribution < -0.4 is 0 Å². The minimum absolute atomic E-state index is 0.126. The van der Waals surface area contributed by atoms with E-state index in [1.807, 2.05) is 0 Å². The van der Waals surface area contributed by atoms with E-state index in [4.69, 9.17) is 0 Å². The molecule has 1 aliphatic rings. The van der Waals surface area contributed by atoms with Crippen molar-refractivity contribution in [3.63, 3.8) is 0 Å². The summed E-state index contributed by atoms with van der Waals surface area (Å²) < 4.78 is 21.6. The minimum Gasteiger partial charge on any atom is -0.340 e. The van der Waals surface area contributed by atoms with Gasteiger partial charge < -0.3 is 4.90 Å². The Morgan fingerprint density at radius 3 is 2.06 bits per heavy atom. The number of carbonyl (C=O) groups excluding carboxylic acids is 2. The standard InChI is InChI=1S/C10H17NO4S/c1-10(2,16(3,14)15)9(13)11-6-4-8(12)5-7-11/h4-7H2,1-3H3. The molecule has 5 nitrogen and oxygen atoms in total. The zero-order valence-electron chi connectivity index (χ0n) is 9.82. The monoisotopic (exact) mass is 247 g/mol. The van der Waals surface area contributed by atoms with Crippen molar-refractivity contribution in [1.29, 1.82) is 0 Å². The highest BCUT2D eigenvalue weighted by atomic mass is 32.2. The number of hydrogen-bond acceptors (Lipinski definition) is 4. The number of piperidine rings is 1. The Labute approximate surface area is 95.7 Å². The van der Waals surface area contributed by atoms with Crippen LogP contribution in [0.3, 0.4) is 0 Å². The van der Waals surface area contributed by atoms with Crippen LogP contribution in [0.5, 0.6) is 0 Å². The van der Waals surface area contributed by atoms with E-state index >= 15 is 0 Å². The van der Waals surface area contributed by atoms with Crippen molar-refractivity contribution >= 4 is 21.5 Å². The van der Waals surface area contributed by atoms with Crippen LogP contribution in [0.2, 0.25) is 0 Å². The molecule has 6 heteroatoms. The van der Waals surface area contributed by atoms with E-state index in [-0.39, 0.29) is 5.78 Å². The molecule has 0 aromatic rings. The Balaban J connectivity index is 2.83. The van der Waals surface area contributed by atoms with Crippen LogP contribution >= 0.6 is 0 Å².